The lowest BCUT2D eigenvalue weighted by Crippen LogP contribution is -2.40. The molecule has 130 valence electrons. The number of rotatable bonds is 5. The summed E-state index contributed by atoms with van der Waals surface area (Å²) in [5.74, 6) is 0.366. The molecule has 0 bridgehead atoms. The zero-order valence-electron chi connectivity index (χ0n) is 13.9. The maximum absolute atomic E-state index is 12.5. The summed E-state index contributed by atoms with van der Waals surface area (Å²) in [6, 6.07) is 10.3. The van der Waals surface area contributed by atoms with Gasteiger partial charge in [-0.15, -0.1) is 12.4 Å². The largest absolute Gasteiger partial charge is 0.349 e. The summed E-state index contributed by atoms with van der Waals surface area (Å²) in [4.78, 5) is 12.5. The zero-order chi connectivity index (χ0) is 16.2. The quantitative estimate of drug-likeness (QED) is 0.872. The molecule has 6 heteroatoms. The van der Waals surface area contributed by atoms with Crippen molar-refractivity contribution < 1.29 is 4.79 Å². The molecule has 1 fully saturated rings. The van der Waals surface area contributed by atoms with E-state index in [0.717, 1.165) is 25.0 Å². The van der Waals surface area contributed by atoms with Gasteiger partial charge in [-0.3, -0.25) is 9.48 Å². The van der Waals surface area contributed by atoms with E-state index in [9.17, 15) is 4.79 Å². The summed E-state index contributed by atoms with van der Waals surface area (Å²) < 4.78 is 1.87. The van der Waals surface area contributed by atoms with Crippen LogP contribution >= 0.6 is 12.4 Å². The molecule has 1 aliphatic carbocycles. The Labute approximate surface area is 149 Å². The van der Waals surface area contributed by atoms with Gasteiger partial charge in [-0.25, -0.2) is 0 Å². The summed E-state index contributed by atoms with van der Waals surface area (Å²) in [5, 5.41) is 7.52. The number of amides is 1. The number of carbonyl (C=O) groups is 1. The summed E-state index contributed by atoms with van der Waals surface area (Å²) in [6.07, 6.45) is 4.93. The molecule has 24 heavy (non-hydrogen) atoms. The van der Waals surface area contributed by atoms with E-state index in [-0.39, 0.29) is 24.4 Å². The fraction of sp³-hybridized carbons (Fsp3) is 0.444. The van der Waals surface area contributed by atoms with Crippen molar-refractivity contribution in [1.29, 1.82) is 0 Å². The van der Waals surface area contributed by atoms with Gasteiger partial charge in [0.25, 0.3) is 5.91 Å². The van der Waals surface area contributed by atoms with Gasteiger partial charge in [0.05, 0.1) is 18.3 Å². The van der Waals surface area contributed by atoms with Gasteiger partial charge in [0.2, 0.25) is 0 Å². The van der Waals surface area contributed by atoms with Crippen LogP contribution in [0.15, 0.2) is 36.5 Å². The molecule has 2 aromatic rings. The molecule has 1 saturated carbocycles. The Bertz CT molecular complexity index is 671. The van der Waals surface area contributed by atoms with Crippen molar-refractivity contribution in [2.45, 2.75) is 38.8 Å². The maximum atomic E-state index is 12.5. The smallest absolute Gasteiger partial charge is 0.254 e. The van der Waals surface area contributed by atoms with Crippen LogP contribution in [0.3, 0.4) is 0 Å². The van der Waals surface area contributed by atoms with Gasteiger partial charge in [-0.2, -0.15) is 5.10 Å². The minimum absolute atomic E-state index is 0. The molecule has 0 spiro atoms. The second-order valence-electron chi connectivity index (χ2n) is 6.29. The van der Waals surface area contributed by atoms with Crippen molar-refractivity contribution in [2.75, 3.05) is 6.54 Å². The molecule has 1 aliphatic rings. The third-order valence-electron chi connectivity index (χ3n) is 4.80. The molecule has 3 N–H and O–H groups in total. The van der Waals surface area contributed by atoms with Crippen LogP contribution in [-0.2, 0) is 6.54 Å². The Morgan fingerprint density at radius 2 is 2.08 bits per heavy atom. The molecule has 1 aromatic heterocycles. The van der Waals surface area contributed by atoms with Crippen LogP contribution in [0, 0.1) is 12.8 Å². The standard InChI is InChI=1S/C18H24N4O.ClH/c1-13-16(18(23)21-17-9-5-8-15(17)10-19)11-20-22(13)12-14-6-3-2-4-7-14;/h2-4,6-7,11,15,17H,5,8-10,12,19H2,1H3,(H,21,23);1H. The lowest BCUT2D eigenvalue weighted by molar-refractivity contribution is 0.0928. The first-order valence-corrected chi connectivity index (χ1v) is 8.26. The Morgan fingerprint density at radius 3 is 2.79 bits per heavy atom. The van der Waals surface area contributed by atoms with Crippen molar-refractivity contribution in [3.05, 3.63) is 53.3 Å². The molecular formula is C18H25ClN4O. The molecule has 2 atom stereocenters. The maximum Gasteiger partial charge on any atom is 0.254 e. The Kier molecular flexibility index (Phi) is 6.40. The first-order chi connectivity index (χ1) is 11.2. The first-order valence-electron chi connectivity index (χ1n) is 8.26. The number of hydrogen-bond donors (Lipinski definition) is 2. The van der Waals surface area contributed by atoms with Crippen molar-refractivity contribution in [1.82, 2.24) is 15.1 Å². The highest BCUT2D eigenvalue weighted by atomic mass is 35.5. The molecule has 1 amide bonds. The minimum Gasteiger partial charge on any atom is -0.349 e. The van der Waals surface area contributed by atoms with E-state index in [1.54, 1.807) is 6.20 Å². The lowest BCUT2D eigenvalue weighted by atomic mass is 10.0. The highest BCUT2D eigenvalue weighted by Crippen LogP contribution is 2.25. The number of hydrogen-bond acceptors (Lipinski definition) is 3. The van der Waals surface area contributed by atoms with Crippen molar-refractivity contribution in [2.24, 2.45) is 11.7 Å². The molecule has 0 saturated heterocycles. The molecule has 1 aromatic carbocycles. The number of carbonyl (C=O) groups excluding carboxylic acids is 1. The molecule has 0 aliphatic heterocycles. The van der Waals surface area contributed by atoms with Crippen molar-refractivity contribution in [3.63, 3.8) is 0 Å². The van der Waals surface area contributed by atoms with Gasteiger partial charge < -0.3 is 11.1 Å². The second kappa shape index (κ2) is 8.31. The van der Waals surface area contributed by atoms with Crippen LogP contribution in [0.5, 0.6) is 0 Å². The average Bonchev–Trinajstić information content (AvgIpc) is 3.15. The third-order valence-corrected chi connectivity index (χ3v) is 4.80. The summed E-state index contributed by atoms with van der Waals surface area (Å²) in [6.45, 7) is 3.26. The van der Waals surface area contributed by atoms with Crippen LogP contribution in [0.4, 0.5) is 0 Å². The zero-order valence-corrected chi connectivity index (χ0v) is 14.8. The predicted molar refractivity (Wildman–Crippen MR) is 97.4 cm³/mol. The monoisotopic (exact) mass is 348 g/mol. The summed E-state index contributed by atoms with van der Waals surface area (Å²) in [5.41, 5.74) is 8.51. The van der Waals surface area contributed by atoms with Crippen LogP contribution in [0.1, 0.15) is 40.9 Å². The van der Waals surface area contributed by atoms with E-state index < -0.39 is 0 Å². The van der Waals surface area contributed by atoms with Crippen molar-refractivity contribution >= 4 is 18.3 Å². The van der Waals surface area contributed by atoms with E-state index in [1.807, 2.05) is 29.8 Å². The van der Waals surface area contributed by atoms with E-state index in [2.05, 4.69) is 22.5 Å². The minimum atomic E-state index is -0.0350. The van der Waals surface area contributed by atoms with Gasteiger partial charge in [-0.05, 0) is 37.8 Å². The number of nitrogens with one attached hydrogen (secondary N) is 1. The molecule has 0 radical (unpaired) electrons. The van der Waals surface area contributed by atoms with Gasteiger partial charge in [0.15, 0.2) is 0 Å². The number of aromatic nitrogens is 2. The van der Waals surface area contributed by atoms with E-state index in [1.165, 1.54) is 5.56 Å². The summed E-state index contributed by atoms with van der Waals surface area (Å²) >= 11 is 0. The highest BCUT2D eigenvalue weighted by molar-refractivity contribution is 5.95. The number of benzene rings is 1. The van der Waals surface area contributed by atoms with Crippen LogP contribution in [-0.4, -0.2) is 28.3 Å². The lowest BCUT2D eigenvalue weighted by Gasteiger charge is -2.19. The normalized spacial score (nSPS) is 19.8. The topological polar surface area (TPSA) is 72.9 Å². The molecule has 5 nitrogen and oxygen atoms in total. The number of nitrogens with two attached hydrogens (primary N) is 1. The van der Waals surface area contributed by atoms with Gasteiger partial charge in [0, 0.05) is 11.7 Å². The van der Waals surface area contributed by atoms with Gasteiger partial charge >= 0.3 is 0 Å². The Morgan fingerprint density at radius 1 is 1.33 bits per heavy atom. The first kappa shape index (κ1) is 18.5. The molecular weight excluding hydrogens is 324 g/mol. The molecule has 2 unspecified atom stereocenters. The SMILES string of the molecule is Cc1c(C(=O)NC2CCCC2CN)cnn1Cc1ccccc1.Cl. The van der Waals surface area contributed by atoms with Crippen LogP contribution < -0.4 is 11.1 Å². The fourth-order valence-corrected chi connectivity index (χ4v) is 3.34. The number of halogens is 1. The van der Waals surface area contributed by atoms with E-state index >= 15 is 0 Å². The Balaban J connectivity index is 0.00000208. The number of nitrogens with zero attached hydrogens (tertiary/aromatic N) is 2. The molecule has 3 rings (SSSR count). The van der Waals surface area contributed by atoms with Gasteiger partial charge in [-0.1, -0.05) is 36.8 Å². The predicted octanol–water partition coefficient (Wildman–Crippen LogP) is 2.52. The average molecular weight is 349 g/mol. The highest BCUT2D eigenvalue weighted by Gasteiger charge is 2.28. The molecule has 1 heterocycles. The van der Waals surface area contributed by atoms with E-state index in [0.29, 0.717) is 24.6 Å². The van der Waals surface area contributed by atoms with Crippen molar-refractivity contribution in [3.8, 4) is 0 Å². The van der Waals surface area contributed by atoms with Crippen LogP contribution in [0.25, 0.3) is 0 Å². The summed E-state index contributed by atoms with van der Waals surface area (Å²) in [7, 11) is 0. The van der Waals surface area contributed by atoms with E-state index in [4.69, 9.17) is 5.73 Å². The Hall–Kier alpha value is -1.85. The fourth-order valence-electron chi connectivity index (χ4n) is 3.34. The van der Waals surface area contributed by atoms with Crippen LogP contribution in [0.2, 0.25) is 0 Å². The third kappa shape index (κ3) is 3.97. The second-order valence-corrected chi connectivity index (χ2v) is 6.29. The van der Waals surface area contributed by atoms with Gasteiger partial charge in [0.1, 0.15) is 0 Å².